The van der Waals surface area contributed by atoms with Crippen LogP contribution in [0.5, 0.6) is 17.2 Å². The zero-order chi connectivity index (χ0) is 21.6. The molecule has 2 rings (SSSR count). The second-order valence-corrected chi connectivity index (χ2v) is 6.87. The lowest BCUT2D eigenvalue weighted by Crippen LogP contribution is -2.32. The molecule has 0 saturated heterocycles. The summed E-state index contributed by atoms with van der Waals surface area (Å²) in [7, 11) is 1.96. The molecule has 0 heterocycles. The SMILES string of the molecule is CCOc1ccccc1OC[C@H](O)CN(C)Cc1ccc(OCCOCCO)cc1. The summed E-state index contributed by atoms with van der Waals surface area (Å²) in [6.45, 7) is 5.09. The van der Waals surface area contributed by atoms with Crippen molar-refractivity contribution in [2.24, 2.45) is 0 Å². The number of aliphatic hydroxyl groups is 2. The maximum absolute atomic E-state index is 10.3. The van der Waals surface area contributed by atoms with Crippen LogP contribution in [0, 0.1) is 0 Å². The third-order valence-electron chi connectivity index (χ3n) is 4.21. The van der Waals surface area contributed by atoms with Gasteiger partial charge in [-0.15, -0.1) is 0 Å². The predicted octanol–water partition coefficient (Wildman–Crippen LogP) is 2.34. The van der Waals surface area contributed by atoms with Gasteiger partial charge in [-0.05, 0) is 43.8 Å². The van der Waals surface area contributed by atoms with Gasteiger partial charge in [0, 0.05) is 13.1 Å². The van der Waals surface area contributed by atoms with Crippen LogP contribution in [0.2, 0.25) is 0 Å². The minimum absolute atomic E-state index is 0.0175. The molecule has 166 valence electrons. The van der Waals surface area contributed by atoms with Gasteiger partial charge in [0.1, 0.15) is 25.1 Å². The van der Waals surface area contributed by atoms with E-state index in [1.165, 1.54) is 0 Å². The van der Waals surface area contributed by atoms with E-state index in [0.717, 1.165) is 11.3 Å². The van der Waals surface area contributed by atoms with E-state index in [1.54, 1.807) is 0 Å². The molecule has 0 amide bonds. The average molecular weight is 420 g/mol. The first-order valence-corrected chi connectivity index (χ1v) is 10.2. The number of aliphatic hydroxyl groups excluding tert-OH is 2. The van der Waals surface area contributed by atoms with Gasteiger partial charge < -0.3 is 29.2 Å². The van der Waals surface area contributed by atoms with Gasteiger partial charge in [-0.3, -0.25) is 4.90 Å². The Morgan fingerprint density at radius 1 is 0.900 bits per heavy atom. The van der Waals surface area contributed by atoms with E-state index in [2.05, 4.69) is 0 Å². The molecule has 0 bridgehead atoms. The van der Waals surface area contributed by atoms with Gasteiger partial charge in [0.2, 0.25) is 0 Å². The van der Waals surface area contributed by atoms with Crippen molar-refractivity contribution in [1.29, 1.82) is 0 Å². The van der Waals surface area contributed by atoms with Gasteiger partial charge >= 0.3 is 0 Å². The molecule has 0 spiro atoms. The van der Waals surface area contributed by atoms with Crippen molar-refractivity contribution in [1.82, 2.24) is 4.90 Å². The molecule has 2 aromatic rings. The Morgan fingerprint density at radius 2 is 1.60 bits per heavy atom. The minimum atomic E-state index is -0.619. The Bertz CT molecular complexity index is 709. The van der Waals surface area contributed by atoms with Gasteiger partial charge in [0.05, 0.1) is 26.4 Å². The fourth-order valence-corrected chi connectivity index (χ4v) is 2.89. The van der Waals surface area contributed by atoms with E-state index in [0.29, 0.717) is 51.0 Å². The molecule has 0 radical (unpaired) electrons. The largest absolute Gasteiger partial charge is 0.491 e. The Labute approximate surface area is 178 Å². The van der Waals surface area contributed by atoms with Crippen molar-refractivity contribution in [3.8, 4) is 17.2 Å². The molecule has 7 nitrogen and oxygen atoms in total. The van der Waals surface area contributed by atoms with E-state index in [1.807, 2.05) is 67.4 Å². The van der Waals surface area contributed by atoms with Crippen LogP contribution in [-0.4, -0.2) is 74.5 Å². The Morgan fingerprint density at radius 3 is 2.27 bits per heavy atom. The summed E-state index contributed by atoms with van der Waals surface area (Å²) in [6, 6.07) is 15.3. The number of hydrogen-bond donors (Lipinski definition) is 2. The van der Waals surface area contributed by atoms with Crippen LogP contribution in [0.25, 0.3) is 0 Å². The number of benzene rings is 2. The van der Waals surface area contributed by atoms with Crippen molar-refractivity contribution < 1.29 is 29.2 Å². The second-order valence-electron chi connectivity index (χ2n) is 6.87. The van der Waals surface area contributed by atoms with E-state index in [9.17, 15) is 5.11 Å². The van der Waals surface area contributed by atoms with Gasteiger partial charge in [-0.25, -0.2) is 0 Å². The summed E-state index contributed by atoms with van der Waals surface area (Å²) in [5, 5.41) is 19.0. The summed E-state index contributed by atoms with van der Waals surface area (Å²) < 4.78 is 22.0. The molecule has 0 aromatic heterocycles. The number of rotatable bonds is 15. The first-order valence-electron chi connectivity index (χ1n) is 10.2. The van der Waals surface area contributed by atoms with Crippen LogP contribution in [-0.2, 0) is 11.3 Å². The number of nitrogens with zero attached hydrogens (tertiary/aromatic N) is 1. The maximum Gasteiger partial charge on any atom is 0.161 e. The minimum Gasteiger partial charge on any atom is -0.491 e. The van der Waals surface area contributed by atoms with Crippen LogP contribution in [0.4, 0.5) is 0 Å². The molecule has 0 aliphatic rings. The summed E-state index contributed by atoms with van der Waals surface area (Å²) in [5.74, 6) is 2.09. The maximum atomic E-state index is 10.3. The molecule has 0 fully saturated rings. The van der Waals surface area contributed by atoms with Crippen molar-refractivity contribution in [3.05, 3.63) is 54.1 Å². The lowest BCUT2D eigenvalue weighted by molar-refractivity contribution is 0.0704. The number of hydrogen-bond acceptors (Lipinski definition) is 7. The molecule has 0 aliphatic carbocycles. The zero-order valence-corrected chi connectivity index (χ0v) is 17.8. The highest BCUT2D eigenvalue weighted by Gasteiger charge is 2.12. The highest BCUT2D eigenvalue weighted by atomic mass is 16.5. The normalized spacial score (nSPS) is 12.0. The Balaban J connectivity index is 1.71. The van der Waals surface area contributed by atoms with E-state index >= 15 is 0 Å². The molecular formula is C23H33NO6. The fourth-order valence-electron chi connectivity index (χ4n) is 2.89. The molecular weight excluding hydrogens is 386 g/mol. The van der Waals surface area contributed by atoms with Gasteiger partial charge in [-0.2, -0.15) is 0 Å². The van der Waals surface area contributed by atoms with Crippen molar-refractivity contribution in [2.75, 3.05) is 53.2 Å². The number of likely N-dealkylation sites (N-methyl/N-ethyl adjacent to an activating group) is 1. The summed E-state index contributed by atoms with van der Waals surface area (Å²) in [6.07, 6.45) is -0.619. The van der Waals surface area contributed by atoms with Gasteiger partial charge in [0.15, 0.2) is 11.5 Å². The van der Waals surface area contributed by atoms with E-state index in [4.69, 9.17) is 24.1 Å². The third-order valence-corrected chi connectivity index (χ3v) is 4.21. The van der Waals surface area contributed by atoms with Gasteiger partial charge in [0.25, 0.3) is 0 Å². The molecule has 0 saturated carbocycles. The Kier molecular flexibility index (Phi) is 11.0. The van der Waals surface area contributed by atoms with Crippen LogP contribution in [0.3, 0.4) is 0 Å². The number of ether oxygens (including phenoxy) is 4. The third kappa shape index (κ3) is 9.00. The first-order chi connectivity index (χ1) is 14.6. The lowest BCUT2D eigenvalue weighted by atomic mass is 10.2. The summed E-state index contributed by atoms with van der Waals surface area (Å²) in [5.41, 5.74) is 1.12. The monoisotopic (exact) mass is 419 g/mol. The topological polar surface area (TPSA) is 80.6 Å². The van der Waals surface area contributed by atoms with Crippen LogP contribution in [0.1, 0.15) is 12.5 Å². The molecule has 7 heteroatoms. The van der Waals surface area contributed by atoms with Crippen molar-refractivity contribution in [2.45, 2.75) is 19.6 Å². The highest BCUT2D eigenvalue weighted by Crippen LogP contribution is 2.26. The molecule has 0 unspecified atom stereocenters. The van der Waals surface area contributed by atoms with Crippen LogP contribution in [0.15, 0.2) is 48.5 Å². The first kappa shape index (κ1) is 24.0. The fraction of sp³-hybridized carbons (Fsp3) is 0.478. The van der Waals surface area contributed by atoms with E-state index < -0.39 is 6.10 Å². The molecule has 30 heavy (non-hydrogen) atoms. The molecule has 2 N–H and O–H groups in total. The highest BCUT2D eigenvalue weighted by molar-refractivity contribution is 5.39. The zero-order valence-electron chi connectivity index (χ0n) is 17.8. The van der Waals surface area contributed by atoms with Crippen molar-refractivity contribution in [3.63, 3.8) is 0 Å². The predicted molar refractivity (Wildman–Crippen MR) is 115 cm³/mol. The second kappa shape index (κ2) is 13.8. The quantitative estimate of drug-likeness (QED) is 0.429. The smallest absolute Gasteiger partial charge is 0.161 e. The Hall–Kier alpha value is -2.32. The average Bonchev–Trinajstić information content (AvgIpc) is 2.74. The number of para-hydroxylation sites is 2. The molecule has 2 aromatic carbocycles. The molecule has 1 atom stereocenters. The van der Waals surface area contributed by atoms with Gasteiger partial charge in [-0.1, -0.05) is 24.3 Å². The standard InChI is InChI=1S/C23H33NO6/c1-3-28-22-6-4-5-7-23(22)30-18-20(26)17-24(2)16-19-8-10-21(11-9-19)29-15-14-27-13-12-25/h4-11,20,25-26H,3,12-18H2,1-2H3/t20-/m1/s1. The van der Waals surface area contributed by atoms with Crippen LogP contribution < -0.4 is 14.2 Å². The van der Waals surface area contributed by atoms with E-state index in [-0.39, 0.29) is 13.2 Å². The van der Waals surface area contributed by atoms with Crippen molar-refractivity contribution >= 4 is 0 Å². The summed E-state index contributed by atoms with van der Waals surface area (Å²) >= 11 is 0. The van der Waals surface area contributed by atoms with Crippen LogP contribution >= 0.6 is 0 Å². The summed E-state index contributed by atoms with van der Waals surface area (Å²) in [4.78, 5) is 2.04. The molecule has 0 aliphatic heterocycles. The lowest BCUT2D eigenvalue weighted by Gasteiger charge is -2.21.